The standard InChI is InChI=1S/C14H20BrN3O3/c1-21-13-4-5-17(12(6-13)8-16)9-10-2-3-11(18(19)20)7-14(10)15/h2-3,7,12-13H,4-6,8-9,16H2,1H3. The van der Waals surface area contributed by atoms with Gasteiger partial charge in [-0.05, 0) is 24.5 Å². The summed E-state index contributed by atoms with van der Waals surface area (Å²) in [5.41, 5.74) is 7.00. The van der Waals surface area contributed by atoms with E-state index in [1.54, 1.807) is 25.3 Å². The number of piperidine rings is 1. The van der Waals surface area contributed by atoms with Crippen LogP contribution in [-0.2, 0) is 11.3 Å². The predicted octanol–water partition coefficient (Wildman–Crippen LogP) is 2.30. The minimum atomic E-state index is -0.388. The van der Waals surface area contributed by atoms with Gasteiger partial charge in [-0.3, -0.25) is 15.0 Å². The maximum absolute atomic E-state index is 10.8. The van der Waals surface area contributed by atoms with Crippen molar-refractivity contribution in [2.75, 3.05) is 20.2 Å². The Morgan fingerprint density at radius 2 is 2.33 bits per heavy atom. The number of ether oxygens (including phenoxy) is 1. The highest BCUT2D eigenvalue weighted by atomic mass is 79.9. The summed E-state index contributed by atoms with van der Waals surface area (Å²) in [7, 11) is 1.74. The summed E-state index contributed by atoms with van der Waals surface area (Å²) in [5, 5.41) is 10.8. The molecule has 1 aromatic rings. The van der Waals surface area contributed by atoms with E-state index < -0.39 is 0 Å². The third-order valence-electron chi connectivity index (χ3n) is 4.02. The number of nitro groups is 1. The molecule has 116 valence electrons. The van der Waals surface area contributed by atoms with Gasteiger partial charge in [0.1, 0.15) is 0 Å². The van der Waals surface area contributed by atoms with Gasteiger partial charge in [0.2, 0.25) is 0 Å². The Balaban J connectivity index is 2.08. The monoisotopic (exact) mass is 357 g/mol. The van der Waals surface area contributed by atoms with Gasteiger partial charge >= 0.3 is 0 Å². The lowest BCUT2D eigenvalue weighted by molar-refractivity contribution is -0.384. The minimum absolute atomic E-state index is 0.0964. The molecule has 0 radical (unpaired) electrons. The molecule has 0 spiro atoms. The molecule has 2 rings (SSSR count). The topological polar surface area (TPSA) is 81.6 Å². The van der Waals surface area contributed by atoms with Gasteiger partial charge in [0.25, 0.3) is 5.69 Å². The van der Waals surface area contributed by atoms with Gasteiger partial charge in [-0.2, -0.15) is 0 Å². The Morgan fingerprint density at radius 3 is 2.90 bits per heavy atom. The normalized spacial score (nSPS) is 23.2. The average molecular weight is 358 g/mol. The second-order valence-electron chi connectivity index (χ2n) is 5.27. The number of nitro benzene ring substituents is 1. The number of rotatable bonds is 5. The molecule has 1 aliphatic rings. The Bertz CT molecular complexity index is 512. The van der Waals surface area contributed by atoms with E-state index >= 15 is 0 Å². The zero-order valence-corrected chi connectivity index (χ0v) is 13.6. The van der Waals surface area contributed by atoms with Gasteiger partial charge in [-0.1, -0.05) is 15.9 Å². The molecule has 0 aliphatic carbocycles. The molecule has 1 saturated heterocycles. The van der Waals surface area contributed by atoms with Crippen LogP contribution in [0.5, 0.6) is 0 Å². The Kier molecular flexibility index (Phi) is 5.69. The number of likely N-dealkylation sites (tertiary alicyclic amines) is 1. The lowest BCUT2D eigenvalue weighted by Gasteiger charge is -2.38. The van der Waals surface area contributed by atoms with Crippen LogP contribution >= 0.6 is 15.9 Å². The van der Waals surface area contributed by atoms with Crippen LogP contribution in [0, 0.1) is 10.1 Å². The van der Waals surface area contributed by atoms with Gasteiger partial charge < -0.3 is 10.5 Å². The maximum Gasteiger partial charge on any atom is 0.270 e. The second-order valence-corrected chi connectivity index (χ2v) is 6.13. The highest BCUT2D eigenvalue weighted by Gasteiger charge is 2.27. The van der Waals surface area contributed by atoms with Crippen molar-refractivity contribution in [1.82, 2.24) is 4.90 Å². The molecular formula is C14H20BrN3O3. The summed E-state index contributed by atoms with van der Waals surface area (Å²) in [6.45, 7) is 2.24. The van der Waals surface area contributed by atoms with Crippen LogP contribution in [0.1, 0.15) is 18.4 Å². The van der Waals surface area contributed by atoms with Crippen molar-refractivity contribution in [1.29, 1.82) is 0 Å². The van der Waals surface area contributed by atoms with Crippen LogP contribution in [0.15, 0.2) is 22.7 Å². The second kappa shape index (κ2) is 7.31. The van der Waals surface area contributed by atoms with Crippen LogP contribution < -0.4 is 5.73 Å². The lowest BCUT2D eigenvalue weighted by atomic mass is 9.98. The summed E-state index contributed by atoms with van der Waals surface area (Å²) >= 11 is 3.42. The smallest absolute Gasteiger partial charge is 0.270 e. The molecule has 2 atom stereocenters. The van der Waals surface area contributed by atoms with Gasteiger partial charge in [-0.15, -0.1) is 0 Å². The van der Waals surface area contributed by atoms with Crippen molar-refractivity contribution >= 4 is 21.6 Å². The quantitative estimate of drug-likeness (QED) is 0.645. The average Bonchev–Trinajstić information content (AvgIpc) is 2.49. The molecular weight excluding hydrogens is 338 g/mol. The van der Waals surface area contributed by atoms with Crippen molar-refractivity contribution < 1.29 is 9.66 Å². The molecule has 6 nitrogen and oxygen atoms in total. The highest BCUT2D eigenvalue weighted by Crippen LogP contribution is 2.27. The zero-order chi connectivity index (χ0) is 15.4. The number of halogens is 1. The van der Waals surface area contributed by atoms with Gasteiger partial charge in [0.05, 0.1) is 11.0 Å². The predicted molar refractivity (Wildman–Crippen MR) is 84.1 cm³/mol. The third kappa shape index (κ3) is 4.00. The summed E-state index contributed by atoms with van der Waals surface area (Å²) in [5.74, 6) is 0. The minimum Gasteiger partial charge on any atom is -0.381 e. The van der Waals surface area contributed by atoms with E-state index in [4.69, 9.17) is 10.5 Å². The first-order chi connectivity index (χ1) is 10.0. The fourth-order valence-corrected chi connectivity index (χ4v) is 3.22. The van der Waals surface area contributed by atoms with Gasteiger partial charge in [-0.25, -0.2) is 0 Å². The van der Waals surface area contributed by atoms with Crippen LogP contribution in [-0.4, -0.2) is 42.2 Å². The number of nitrogens with two attached hydrogens (primary N) is 1. The molecule has 1 heterocycles. The number of hydrogen-bond acceptors (Lipinski definition) is 5. The van der Waals surface area contributed by atoms with Crippen molar-refractivity contribution in [3.05, 3.63) is 38.3 Å². The molecule has 1 aromatic carbocycles. The van der Waals surface area contributed by atoms with E-state index in [0.717, 1.165) is 36.0 Å². The van der Waals surface area contributed by atoms with E-state index in [1.807, 2.05) is 0 Å². The van der Waals surface area contributed by atoms with Crippen molar-refractivity contribution in [3.63, 3.8) is 0 Å². The highest BCUT2D eigenvalue weighted by molar-refractivity contribution is 9.10. The first-order valence-corrected chi connectivity index (χ1v) is 7.74. The molecule has 0 amide bonds. The molecule has 0 bridgehead atoms. The molecule has 7 heteroatoms. The molecule has 2 unspecified atom stereocenters. The lowest BCUT2D eigenvalue weighted by Crippen LogP contribution is -2.48. The van der Waals surface area contributed by atoms with E-state index in [0.29, 0.717) is 6.54 Å². The van der Waals surface area contributed by atoms with Crippen LogP contribution in [0.4, 0.5) is 5.69 Å². The SMILES string of the molecule is COC1CCN(Cc2ccc([N+](=O)[O-])cc2Br)C(CN)C1. The molecule has 1 aliphatic heterocycles. The number of methoxy groups -OCH3 is 1. The van der Waals surface area contributed by atoms with E-state index in [2.05, 4.69) is 20.8 Å². The van der Waals surface area contributed by atoms with E-state index in [1.165, 1.54) is 0 Å². The van der Waals surface area contributed by atoms with Gasteiger partial charge in [0.15, 0.2) is 0 Å². The fourth-order valence-electron chi connectivity index (χ4n) is 2.73. The summed E-state index contributed by atoms with van der Waals surface area (Å²) in [4.78, 5) is 12.7. The van der Waals surface area contributed by atoms with E-state index in [9.17, 15) is 10.1 Å². The fraction of sp³-hybridized carbons (Fsp3) is 0.571. The van der Waals surface area contributed by atoms with E-state index in [-0.39, 0.29) is 22.8 Å². The number of nitrogens with zero attached hydrogens (tertiary/aromatic N) is 2. The van der Waals surface area contributed by atoms with Crippen molar-refractivity contribution in [2.45, 2.75) is 31.5 Å². The summed E-state index contributed by atoms with van der Waals surface area (Å²) < 4.78 is 6.19. The molecule has 21 heavy (non-hydrogen) atoms. The number of non-ortho nitro benzene ring substituents is 1. The van der Waals surface area contributed by atoms with Crippen LogP contribution in [0.3, 0.4) is 0 Å². The zero-order valence-electron chi connectivity index (χ0n) is 12.0. The van der Waals surface area contributed by atoms with Gasteiger partial charge in [0, 0.05) is 49.4 Å². The Hall–Kier alpha value is -1.02. The molecule has 0 aromatic heterocycles. The molecule has 0 saturated carbocycles. The largest absolute Gasteiger partial charge is 0.381 e. The number of benzene rings is 1. The summed E-state index contributed by atoms with van der Waals surface area (Å²) in [6, 6.07) is 5.18. The van der Waals surface area contributed by atoms with Crippen LogP contribution in [0.25, 0.3) is 0 Å². The molecule has 1 fully saturated rings. The summed E-state index contributed by atoms with van der Waals surface area (Å²) in [6.07, 6.45) is 2.19. The Morgan fingerprint density at radius 1 is 1.57 bits per heavy atom. The van der Waals surface area contributed by atoms with Crippen LogP contribution in [0.2, 0.25) is 0 Å². The van der Waals surface area contributed by atoms with Crippen molar-refractivity contribution in [2.24, 2.45) is 5.73 Å². The maximum atomic E-state index is 10.8. The first-order valence-electron chi connectivity index (χ1n) is 6.95. The molecule has 2 N–H and O–H groups in total. The van der Waals surface area contributed by atoms with Crippen molar-refractivity contribution in [3.8, 4) is 0 Å². The first kappa shape index (κ1) is 16.4. The third-order valence-corrected chi connectivity index (χ3v) is 4.75. The number of hydrogen-bond donors (Lipinski definition) is 1. The Labute approximate surface area is 132 Å².